The summed E-state index contributed by atoms with van der Waals surface area (Å²) in [4.78, 5) is 16.7. The van der Waals surface area contributed by atoms with E-state index >= 15 is 0 Å². The van der Waals surface area contributed by atoms with E-state index in [1.807, 2.05) is 12.4 Å². The molecule has 1 aliphatic heterocycles. The summed E-state index contributed by atoms with van der Waals surface area (Å²) in [5.74, 6) is 2.02. The zero-order chi connectivity index (χ0) is 21.5. The Morgan fingerprint density at radius 1 is 0.935 bits per heavy atom. The molecule has 3 aromatic heterocycles. The highest BCUT2D eigenvalue weighted by Crippen LogP contribution is 2.45. The smallest absolute Gasteiger partial charge is 0.105 e. The van der Waals surface area contributed by atoms with Gasteiger partial charge >= 0.3 is 0 Å². The van der Waals surface area contributed by atoms with Crippen LogP contribution in [0.1, 0.15) is 53.2 Å². The number of anilines is 1. The summed E-state index contributed by atoms with van der Waals surface area (Å²) in [7, 11) is 4.21. The minimum atomic E-state index is -0.390. The van der Waals surface area contributed by atoms with E-state index in [1.165, 1.54) is 34.3 Å². The number of aromatic nitrogens is 5. The standard InChI is InChI=1S/C25H28N6/c1-15-26-13-22(29(15)4)25(3,23-14-27-16(2)30(23)5)17-7-8-20-18(11-17)24(31-9-6-10-31)19-12-21(19)28-20/h7-8,11,13-14H,6,9-10,12H2,1-5H3. The van der Waals surface area contributed by atoms with Gasteiger partial charge in [0.1, 0.15) is 11.6 Å². The molecule has 0 atom stereocenters. The van der Waals surface area contributed by atoms with Crippen molar-refractivity contribution in [2.45, 2.75) is 39.0 Å². The number of hydrogen-bond donors (Lipinski definition) is 0. The first-order valence-electron chi connectivity index (χ1n) is 11.1. The fourth-order valence-corrected chi connectivity index (χ4v) is 5.15. The zero-order valence-electron chi connectivity index (χ0n) is 18.9. The summed E-state index contributed by atoms with van der Waals surface area (Å²) in [6.45, 7) is 8.71. The summed E-state index contributed by atoms with van der Waals surface area (Å²) in [5, 5.41) is 1.28. The quantitative estimate of drug-likeness (QED) is 0.451. The molecule has 2 aliphatic rings. The predicted molar refractivity (Wildman–Crippen MR) is 123 cm³/mol. The second-order valence-electron chi connectivity index (χ2n) is 9.26. The average Bonchev–Trinajstić information content (AvgIpc) is 3.31. The van der Waals surface area contributed by atoms with Crippen LogP contribution in [0.5, 0.6) is 0 Å². The second kappa shape index (κ2) is 6.19. The van der Waals surface area contributed by atoms with E-state index in [0.717, 1.165) is 48.1 Å². The lowest BCUT2D eigenvalue weighted by molar-refractivity contribution is 0.574. The third-order valence-corrected chi connectivity index (χ3v) is 7.58. The fraction of sp³-hybridized carbons (Fsp3) is 0.400. The Morgan fingerprint density at radius 3 is 2.10 bits per heavy atom. The first kappa shape index (κ1) is 18.6. The molecule has 31 heavy (non-hydrogen) atoms. The van der Waals surface area contributed by atoms with Crippen molar-refractivity contribution in [1.29, 1.82) is 0 Å². The molecule has 0 radical (unpaired) electrons. The van der Waals surface area contributed by atoms with Gasteiger partial charge in [-0.05, 0) is 44.9 Å². The summed E-state index contributed by atoms with van der Waals surface area (Å²) in [6, 6.07) is 6.82. The van der Waals surface area contributed by atoms with Crippen molar-refractivity contribution in [1.82, 2.24) is 24.1 Å². The van der Waals surface area contributed by atoms with Crippen molar-refractivity contribution >= 4 is 16.6 Å². The molecule has 6 heteroatoms. The number of benzene rings is 1. The number of fused-ring (bicyclic) bond motifs is 2. The van der Waals surface area contributed by atoms with E-state index in [9.17, 15) is 0 Å². The molecular weight excluding hydrogens is 384 g/mol. The van der Waals surface area contributed by atoms with Gasteiger partial charge in [-0.3, -0.25) is 4.98 Å². The molecule has 6 rings (SSSR count). The molecule has 0 saturated carbocycles. The lowest BCUT2D eigenvalue weighted by atomic mass is 9.76. The summed E-state index contributed by atoms with van der Waals surface area (Å²) in [5.41, 5.74) is 8.42. The molecule has 0 unspecified atom stereocenters. The van der Waals surface area contributed by atoms with Crippen molar-refractivity contribution in [3.8, 4) is 0 Å². The van der Waals surface area contributed by atoms with Crippen molar-refractivity contribution in [2.24, 2.45) is 14.1 Å². The first-order chi connectivity index (χ1) is 14.9. The lowest BCUT2D eigenvalue weighted by Crippen LogP contribution is -2.37. The normalized spacial score (nSPS) is 15.3. The van der Waals surface area contributed by atoms with E-state index < -0.39 is 0 Å². The van der Waals surface area contributed by atoms with Gasteiger partial charge in [0.2, 0.25) is 0 Å². The predicted octanol–water partition coefficient (Wildman–Crippen LogP) is 3.79. The fourth-order valence-electron chi connectivity index (χ4n) is 5.15. The van der Waals surface area contributed by atoms with E-state index in [-0.39, 0.29) is 5.41 Å². The van der Waals surface area contributed by atoms with Crippen LogP contribution in [-0.2, 0) is 25.9 Å². The molecule has 1 saturated heterocycles. The van der Waals surface area contributed by atoms with Gasteiger partial charge in [-0.1, -0.05) is 6.07 Å². The molecule has 1 aliphatic carbocycles. The van der Waals surface area contributed by atoms with E-state index in [4.69, 9.17) is 4.98 Å². The Morgan fingerprint density at radius 2 is 1.58 bits per heavy atom. The lowest BCUT2D eigenvalue weighted by Gasteiger charge is -2.35. The van der Waals surface area contributed by atoms with Crippen molar-refractivity contribution in [2.75, 3.05) is 18.0 Å². The Hall–Kier alpha value is -3.15. The van der Waals surface area contributed by atoms with E-state index in [0.29, 0.717) is 0 Å². The molecule has 0 amide bonds. The molecule has 158 valence electrons. The van der Waals surface area contributed by atoms with Crippen LogP contribution in [0, 0.1) is 13.8 Å². The number of aryl methyl sites for hydroxylation is 2. The monoisotopic (exact) mass is 412 g/mol. The van der Waals surface area contributed by atoms with E-state index in [1.54, 1.807) is 0 Å². The van der Waals surface area contributed by atoms with Gasteiger partial charge in [-0.15, -0.1) is 0 Å². The first-order valence-corrected chi connectivity index (χ1v) is 11.1. The Bertz CT molecular complexity index is 1310. The maximum absolute atomic E-state index is 4.92. The molecule has 0 N–H and O–H groups in total. The largest absolute Gasteiger partial charge is 0.371 e. The molecule has 1 aromatic carbocycles. The van der Waals surface area contributed by atoms with Crippen molar-refractivity contribution < 1.29 is 0 Å². The third kappa shape index (κ3) is 2.47. The molecule has 0 spiro atoms. The van der Waals surface area contributed by atoms with Gasteiger partial charge in [0.05, 0.1) is 33.7 Å². The number of imidazole rings is 2. The highest BCUT2D eigenvalue weighted by molar-refractivity contribution is 5.97. The molecular formula is C25H28N6. The minimum Gasteiger partial charge on any atom is -0.371 e. The van der Waals surface area contributed by atoms with Crippen LogP contribution < -0.4 is 4.90 Å². The van der Waals surface area contributed by atoms with E-state index in [2.05, 4.69) is 77.1 Å². The second-order valence-corrected chi connectivity index (χ2v) is 9.26. The summed E-state index contributed by atoms with van der Waals surface area (Å²) in [6.07, 6.45) is 6.35. The van der Waals surface area contributed by atoms with Gasteiger partial charge < -0.3 is 14.0 Å². The maximum atomic E-state index is 4.92. The van der Waals surface area contributed by atoms with Crippen LogP contribution in [0.25, 0.3) is 10.9 Å². The average molecular weight is 413 g/mol. The van der Waals surface area contributed by atoms with Crippen LogP contribution in [0.4, 0.5) is 5.69 Å². The topological polar surface area (TPSA) is 51.8 Å². The van der Waals surface area contributed by atoms with Gasteiger partial charge in [0, 0.05) is 56.9 Å². The molecule has 0 bridgehead atoms. The maximum Gasteiger partial charge on any atom is 0.105 e. The summed E-state index contributed by atoms with van der Waals surface area (Å²) < 4.78 is 4.40. The molecule has 4 heterocycles. The highest BCUT2D eigenvalue weighted by Gasteiger charge is 2.38. The summed E-state index contributed by atoms with van der Waals surface area (Å²) >= 11 is 0. The van der Waals surface area contributed by atoms with Crippen LogP contribution in [0.3, 0.4) is 0 Å². The van der Waals surface area contributed by atoms with Crippen molar-refractivity contribution in [3.05, 3.63) is 70.5 Å². The van der Waals surface area contributed by atoms with Gasteiger partial charge in [-0.2, -0.15) is 0 Å². The number of hydrogen-bond acceptors (Lipinski definition) is 4. The Kier molecular flexibility index (Phi) is 3.71. The van der Waals surface area contributed by atoms with Gasteiger partial charge in [0.15, 0.2) is 0 Å². The van der Waals surface area contributed by atoms with Crippen LogP contribution in [0.15, 0.2) is 30.6 Å². The van der Waals surface area contributed by atoms with Gasteiger partial charge in [0.25, 0.3) is 0 Å². The third-order valence-electron chi connectivity index (χ3n) is 7.58. The van der Waals surface area contributed by atoms with Crippen LogP contribution in [0.2, 0.25) is 0 Å². The van der Waals surface area contributed by atoms with Gasteiger partial charge in [-0.25, -0.2) is 9.97 Å². The number of nitrogens with zero attached hydrogens (tertiary/aromatic N) is 6. The molecule has 4 aromatic rings. The molecule has 1 fully saturated rings. The number of rotatable bonds is 4. The zero-order valence-corrected chi connectivity index (χ0v) is 18.9. The Balaban J connectivity index is 1.63. The SMILES string of the molecule is Cc1ncc(C(C)(c2ccc3nc4c(c(N5CCC5)c3c2)C4)c2cnc(C)n2C)n1C. The van der Waals surface area contributed by atoms with Crippen molar-refractivity contribution in [3.63, 3.8) is 0 Å². The minimum absolute atomic E-state index is 0.390. The Labute approximate surface area is 182 Å². The highest BCUT2D eigenvalue weighted by atomic mass is 15.2. The van der Waals surface area contributed by atoms with Crippen LogP contribution in [-0.4, -0.2) is 37.2 Å². The number of pyridine rings is 1. The van der Waals surface area contributed by atoms with Crippen LogP contribution >= 0.6 is 0 Å². The molecule has 6 nitrogen and oxygen atoms in total.